The second-order valence-electron chi connectivity index (χ2n) is 6.27. The van der Waals surface area contributed by atoms with Crippen LogP contribution in [0.5, 0.6) is 0 Å². The van der Waals surface area contributed by atoms with Crippen LogP contribution in [0.15, 0.2) is 17.2 Å². The van der Waals surface area contributed by atoms with Crippen LogP contribution >= 0.6 is 0 Å². The fourth-order valence-electron chi connectivity index (χ4n) is 2.39. The molecular formula is C15H25N5O2S. The zero-order valence-electron chi connectivity index (χ0n) is 14.3. The van der Waals surface area contributed by atoms with Gasteiger partial charge in [-0.2, -0.15) is 5.10 Å². The number of hydrogen-bond donors (Lipinski definition) is 1. The molecule has 2 rings (SSSR count). The van der Waals surface area contributed by atoms with E-state index < -0.39 is 10.0 Å². The molecule has 2 aromatic heterocycles. The van der Waals surface area contributed by atoms with Gasteiger partial charge in [0.25, 0.3) is 0 Å². The first-order valence-electron chi connectivity index (χ1n) is 7.66. The molecule has 0 saturated carbocycles. The summed E-state index contributed by atoms with van der Waals surface area (Å²) in [6, 6.07) is 1.62. The number of pyridine rings is 1. The number of aromatic nitrogens is 3. The Hall–Kier alpha value is -1.51. The summed E-state index contributed by atoms with van der Waals surface area (Å²) in [5.74, 6) is 0.321. The van der Waals surface area contributed by atoms with Gasteiger partial charge in [0.05, 0.1) is 5.69 Å². The van der Waals surface area contributed by atoms with E-state index >= 15 is 0 Å². The third-order valence-electron chi connectivity index (χ3n) is 4.18. The summed E-state index contributed by atoms with van der Waals surface area (Å²) in [5.41, 5.74) is 7.43. The number of nitrogens with zero attached hydrogens (tertiary/aromatic N) is 4. The van der Waals surface area contributed by atoms with Gasteiger partial charge in [-0.25, -0.2) is 17.7 Å². The van der Waals surface area contributed by atoms with E-state index in [1.54, 1.807) is 24.8 Å². The van der Waals surface area contributed by atoms with Crippen molar-refractivity contribution >= 4 is 21.1 Å². The van der Waals surface area contributed by atoms with Gasteiger partial charge in [0.2, 0.25) is 10.0 Å². The highest BCUT2D eigenvalue weighted by Crippen LogP contribution is 2.21. The third-order valence-corrected chi connectivity index (χ3v) is 6.00. The van der Waals surface area contributed by atoms with E-state index in [0.717, 1.165) is 11.1 Å². The number of rotatable bonds is 6. The SMILES string of the molecule is Cc1nn(C)c2ncc(S(=O)(=O)N(C)CCC(N)C(C)C)cc12. The Bertz CT molecular complexity index is 798. The van der Waals surface area contributed by atoms with Crippen LogP contribution in [0, 0.1) is 12.8 Å². The van der Waals surface area contributed by atoms with Gasteiger partial charge in [0.1, 0.15) is 4.90 Å². The lowest BCUT2D eigenvalue weighted by Gasteiger charge is -2.21. The fraction of sp³-hybridized carbons (Fsp3) is 0.600. The van der Waals surface area contributed by atoms with Crippen LogP contribution in [0.2, 0.25) is 0 Å². The average Bonchev–Trinajstić information content (AvgIpc) is 2.78. The minimum Gasteiger partial charge on any atom is -0.327 e. The summed E-state index contributed by atoms with van der Waals surface area (Å²) in [7, 11) is -0.221. The Labute approximate surface area is 137 Å². The molecule has 0 fully saturated rings. The first-order chi connectivity index (χ1) is 10.6. The first kappa shape index (κ1) is 17.8. The number of nitrogens with two attached hydrogens (primary N) is 1. The van der Waals surface area contributed by atoms with Gasteiger partial charge in [0.15, 0.2) is 5.65 Å². The average molecular weight is 339 g/mol. The summed E-state index contributed by atoms with van der Waals surface area (Å²) in [6.45, 7) is 6.28. The smallest absolute Gasteiger partial charge is 0.244 e. The molecule has 0 aliphatic rings. The van der Waals surface area contributed by atoms with Crippen LogP contribution in [-0.2, 0) is 17.1 Å². The van der Waals surface area contributed by atoms with E-state index in [4.69, 9.17) is 5.73 Å². The standard InChI is InChI=1S/C15H25N5O2S/c1-10(2)14(16)6-7-19(4)23(21,22)12-8-13-11(3)18-20(5)15(13)17-9-12/h8-10,14H,6-7,16H2,1-5H3. The van der Waals surface area contributed by atoms with Crippen LogP contribution in [0.25, 0.3) is 11.0 Å². The molecule has 7 nitrogen and oxygen atoms in total. The maximum atomic E-state index is 12.7. The lowest BCUT2D eigenvalue weighted by Crippen LogP contribution is -2.34. The largest absolute Gasteiger partial charge is 0.327 e. The molecule has 0 spiro atoms. The molecule has 1 atom stereocenters. The Morgan fingerprint density at radius 2 is 2.04 bits per heavy atom. The summed E-state index contributed by atoms with van der Waals surface area (Å²) in [4.78, 5) is 4.43. The Balaban J connectivity index is 2.26. The molecule has 0 radical (unpaired) electrons. The van der Waals surface area contributed by atoms with E-state index in [1.165, 1.54) is 10.5 Å². The molecule has 0 aliphatic heterocycles. The van der Waals surface area contributed by atoms with Crippen molar-refractivity contribution in [3.63, 3.8) is 0 Å². The quantitative estimate of drug-likeness (QED) is 0.855. The normalized spacial score (nSPS) is 14.1. The lowest BCUT2D eigenvalue weighted by molar-refractivity contribution is 0.397. The highest BCUT2D eigenvalue weighted by molar-refractivity contribution is 7.89. The molecule has 23 heavy (non-hydrogen) atoms. The van der Waals surface area contributed by atoms with E-state index in [0.29, 0.717) is 24.5 Å². The van der Waals surface area contributed by atoms with Gasteiger partial charge in [0, 0.05) is 38.3 Å². The molecule has 0 saturated heterocycles. The van der Waals surface area contributed by atoms with Crippen LogP contribution in [0.4, 0.5) is 0 Å². The molecule has 0 amide bonds. The summed E-state index contributed by atoms with van der Waals surface area (Å²) < 4.78 is 28.4. The van der Waals surface area contributed by atoms with Crippen molar-refractivity contribution < 1.29 is 8.42 Å². The Kier molecular flexibility index (Phi) is 5.07. The van der Waals surface area contributed by atoms with Gasteiger partial charge < -0.3 is 5.73 Å². The topological polar surface area (TPSA) is 94.1 Å². The predicted octanol–water partition coefficient (Wildman–Crippen LogP) is 1.27. The lowest BCUT2D eigenvalue weighted by atomic mass is 10.0. The van der Waals surface area contributed by atoms with Crippen LogP contribution in [-0.4, -0.2) is 47.1 Å². The first-order valence-corrected chi connectivity index (χ1v) is 9.10. The molecular weight excluding hydrogens is 314 g/mol. The number of aryl methyl sites for hydroxylation is 2. The summed E-state index contributed by atoms with van der Waals surface area (Å²) >= 11 is 0. The number of hydrogen-bond acceptors (Lipinski definition) is 5. The predicted molar refractivity (Wildman–Crippen MR) is 90.5 cm³/mol. The molecule has 1 unspecified atom stereocenters. The molecule has 8 heteroatoms. The van der Waals surface area contributed by atoms with Crippen molar-refractivity contribution in [2.24, 2.45) is 18.7 Å². The number of sulfonamides is 1. The summed E-state index contributed by atoms with van der Waals surface area (Å²) in [5, 5.41) is 5.02. The van der Waals surface area contributed by atoms with Crippen molar-refractivity contribution in [2.45, 2.75) is 38.1 Å². The van der Waals surface area contributed by atoms with Crippen molar-refractivity contribution in [3.8, 4) is 0 Å². The van der Waals surface area contributed by atoms with Crippen LogP contribution in [0.3, 0.4) is 0 Å². The van der Waals surface area contributed by atoms with E-state index in [1.807, 2.05) is 20.8 Å². The molecule has 2 heterocycles. The van der Waals surface area contributed by atoms with Gasteiger partial charge in [-0.05, 0) is 25.3 Å². The molecule has 2 aromatic rings. The maximum absolute atomic E-state index is 12.7. The Morgan fingerprint density at radius 3 is 2.65 bits per heavy atom. The maximum Gasteiger partial charge on any atom is 0.244 e. The van der Waals surface area contributed by atoms with Crippen molar-refractivity contribution in [1.29, 1.82) is 0 Å². The van der Waals surface area contributed by atoms with Crippen molar-refractivity contribution in [1.82, 2.24) is 19.1 Å². The molecule has 128 valence electrons. The van der Waals surface area contributed by atoms with Gasteiger partial charge in [-0.3, -0.25) is 4.68 Å². The minimum atomic E-state index is -3.58. The monoisotopic (exact) mass is 339 g/mol. The second kappa shape index (κ2) is 6.54. The van der Waals surface area contributed by atoms with E-state index in [2.05, 4.69) is 10.1 Å². The highest BCUT2D eigenvalue weighted by atomic mass is 32.2. The zero-order chi connectivity index (χ0) is 17.4. The molecule has 0 aliphatic carbocycles. The Morgan fingerprint density at radius 1 is 1.39 bits per heavy atom. The van der Waals surface area contributed by atoms with Gasteiger partial charge >= 0.3 is 0 Å². The van der Waals surface area contributed by atoms with E-state index in [-0.39, 0.29) is 10.9 Å². The number of fused-ring (bicyclic) bond motifs is 1. The fourth-order valence-corrected chi connectivity index (χ4v) is 3.55. The second-order valence-corrected chi connectivity index (χ2v) is 8.32. The third kappa shape index (κ3) is 3.54. The molecule has 2 N–H and O–H groups in total. The van der Waals surface area contributed by atoms with E-state index in [9.17, 15) is 8.42 Å². The molecule has 0 bridgehead atoms. The zero-order valence-corrected chi connectivity index (χ0v) is 15.1. The van der Waals surface area contributed by atoms with Gasteiger partial charge in [-0.1, -0.05) is 13.8 Å². The summed E-state index contributed by atoms with van der Waals surface area (Å²) in [6.07, 6.45) is 2.01. The van der Waals surface area contributed by atoms with Crippen LogP contribution < -0.4 is 5.73 Å². The van der Waals surface area contributed by atoms with Gasteiger partial charge in [-0.15, -0.1) is 0 Å². The van der Waals surface area contributed by atoms with Crippen molar-refractivity contribution in [3.05, 3.63) is 18.0 Å². The molecule has 0 aromatic carbocycles. The highest BCUT2D eigenvalue weighted by Gasteiger charge is 2.23. The van der Waals surface area contributed by atoms with Crippen LogP contribution in [0.1, 0.15) is 26.0 Å². The van der Waals surface area contributed by atoms with Crippen molar-refractivity contribution in [2.75, 3.05) is 13.6 Å². The minimum absolute atomic E-state index is 0.0196.